The summed E-state index contributed by atoms with van der Waals surface area (Å²) in [5.74, 6) is 0.549. The Morgan fingerprint density at radius 1 is 1.15 bits per heavy atom. The van der Waals surface area contributed by atoms with Gasteiger partial charge < -0.3 is 15.3 Å². The van der Waals surface area contributed by atoms with Crippen molar-refractivity contribution in [2.24, 2.45) is 11.8 Å². The Bertz CT molecular complexity index is 784. The van der Waals surface area contributed by atoms with E-state index in [9.17, 15) is 19.7 Å². The normalized spacial score (nSPS) is 29.0. The maximum absolute atomic E-state index is 13.9. The molecule has 0 spiro atoms. The monoisotopic (exact) mass is 372 g/mol. The maximum atomic E-state index is 13.9. The van der Waals surface area contributed by atoms with E-state index in [4.69, 9.17) is 0 Å². The first-order valence-corrected chi connectivity index (χ1v) is 9.43. The Labute approximate surface area is 158 Å². The van der Waals surface area contributed by atoms with Gasteiger partial charge >= 0.3 is 0 Å². The van der Waals surface area contributed by atoms with Crippen LogP contribution in [0.25, 0.3) is 0 Å². The number of benzene rings is 1. The fraction of sp³-hybridized carbons (Fsp3) is 0.476. The van der Waals surface area contributed by atoms with E-state index in [0.717, 1.165) is 13.1 Å². The Balaban J connectivity index is 1.34. The van der Waals surface area contributed by atoms with Gasteiger partial charge in [-0.05, 0) is 48.4 Å². The summed E-state index contributed by atoms with van der Waals surface area (Å²) in [4.78, 5) is 6.27. The first-order chi connectivity index (χ1) is 12.9. The number of fused-ring (bicyclic) bond motifs is 1. The first kappa shape index (κ1) is 18.3. The smallest absolute Gasteiger partial charge is 0.133 e. The molecular formula is C21H25FN2O3. The van der Waals surface area contributed by atoms with Crippen LogP contribution >= 0.6 is 0 Å². The summed E-state index contributed by atoms with van der Waals surface area (Å²) in [7, 11) is 0. The molecule has 0 radical (unpaired) electrons. The number of hydrogen-bond acceptors (Lipinski definition) is 5. The van der Waals surface area contributed by atoms with Gasteiger partial charge in [-0.25, -0.2) is 4.39 Å². The molecule has 0 amide bonds. The summed E-state index contributed by atoms with van der Waals surface area (Å²) in [6.07, 6.45) is 2.31. The number of nitrogens with zero attached hydrogens (tertiary/aromatic N) is 2. The molecule has 2 fully saturated rings. The van der Waals surface area contributed by atoms with Gasteiger partial charge in [-0.3, -0.25) is 9.88 Å². The van der Waals surface area contributed by atoms with Crippen molar-refractivity contribution in [3.05, 3.63) is 59.7 Å². The molecule has 5 nitrogen and oxygen atoms in total. The van der Waals surface area contributed by atoms with E-state index >= 15 is 0 Å². The zero-order chi connectivity index (χ0) is 19.0. The van der Waals surface area contributed by atoms with Crippen molar-refractivity contribution in [2.45, 2.75) is 31.0 Å². The van der Waals surface area contributed by atoms with Crippen LogP contribution in [0, 0.1) is 17.7 Å². The Kier molecular flexibility index (Phi) is 4.88. The minimum absolute atomic E-state index is 0.0794. The van der Waals surface area contributed by atoms with Gasteiger partial charge in [0, 0.05) is 26.1 Å². The lowest BCUT2D eigenvalue weighted by molar-refractivity contribution is 0.0319. The third kappa shape index (κ3) is 3.98. The second-order valence-electron chi connectivity index (χ2n) is 8.10. The van der Waals surface area contributed by atoms with E-state index in [1.165, 1.54) is 18.3 Å². The summed E-state index contributed by atoms with van der Waals surface area (Å²) < 4.78 is 13.9. The molecule has 1 saturated heterocycles. The Morgan fingerprint density at radius 3 is 2.48 bits per heavy atom. The van der Waals surface area contributed by atoms with Crippen LogP contribution in [0.4, 0.5) is 4.39 Å². The molecule has 1 aliphatic heterocycles. The van der Waals surface area contributed by atoms with Crippen LogP contribution in [-0.2, 0) is 6.42 Å². The second-order valence-corrected chi connectivity index (χ2v) is 8.10. The van der Waals surface area contributed by atoms with E-state index in [2.05, 4.69) is 9.88 Å². The summed E-state index contributed by atoms with van der Waals surface area (Å²) in [5.41, 5.74) is 0.271. The van der Waals surface area contributed by atoms with Crippen LogP contribution < -0.4 is 0 Å². The molecule has 2 aliphatic rings. The summed E-state index contributed by atoms with van der Waals surface area (Å²) in [5, 5.41) is 30.7. The number of halogens is 1. The zero-order valence-electron chi connectivity index (χ0n) is 15.1. The topological polar surface area (TPSA) is 76.8 Å². The number of aliphatic hydroxyl groups is 2. The van der Waals surface area contributed by atoms with Crippen molar-refractivity contribution in [2.75, 3.05) is 19.6 Å². The average Bonchev–Trinajstić information content (AvgIpc) is 3.11. The van der Waals surface area contributed by atoms with Crippen LogP contribution in [0.2, 0.25) is 0 Å². The van der Waals surface area contributed by atoms with Gasteiger partial charge in [0.2, 0.25) is 0 Å². The van der Waals surface area contributed by atoms with Crippen LogP contribution in [-0.4, -0.2) is 50.4 Å². The largest absolute Gasteiger partial charge is 0.506 e. The van der Waals surface area contributed by atoms with Gasteiger partial charge in [-0.1, -0.05) is 18.2 Å². The van der Waals surface area contributed by atoms with E-state index in [-0.39, 0.29) is 11.6 Å². The fourth-order valence-electron chi connectivity index (χ4n) is 4.78. The number of hydrogen-bond donors (Lipinski definition) is 3. The van der Waals surface area contributed by atoms with E-state index in [1.807, 2.05) is 0 Å². The molecule has 3 N–H and O–H groups in total. The highest BCUT2D eigenvalue weighted by molar-refractivity contribution is 5.21. The molecule has 2 heterocycles. The summed E-state index contributed by atoms with van der Waals surface area (Å²) >= 11 is 0. The lowest BCUT2D eigenvalue weighted by atomic mass is 9.91. The standard InChI is InChI=1S/C21H25FN2O3/c22-18-4-2-1-3-14(18)7-21(27)8-15-11-24(12-16(15)9-21)13-20(26)19-6-5-17(25)10-23-19/h1-6,10,15-16,20,25-27H,7-9,11-13H2/t15-,16+,20?,21?. The highest BCUT2D eigenvalue weighted by atomic mass is 19.1. The SMILES string of the molecule is Oc1ccc(C(O)CN2C[C@@H]3CC(O)(Cc4ccccc4F)C[C@@H]3C2)nc1. The molecule has 4 rings (SSSR count). The molecule has 6 heteroatoms. The van der Waals surface area contributed by atoms with Crippen molar-refractivity contribution in [3.63, 3.8) is 0 Å². The first-order valence-electron chi connectivity index (χ1n) is 9.43. The van der Waals surface area contributed by atoms with Crippen LogP contribution in [0.1, 0.15) is 30.2 Å². The van der Waals surface area contributed by atoms with Crippen molar-refractivity contribution in [3.8, 4) is 5.75 Å². The lowest BCUT2D eigenvalue weighted by Crippen LogP contribution is -2.33. The summed E-state index contributed by atoms with van der Waals surface area (Å²) in [6.45, 7) is 2.12. The van der Waals surface area contributed by atoms with Gasteiger partial charge in [-0.2, -0.15) is 0 Å². The molecule has 4 atom stereocenters. The zero-order valence-corrected chi connectivity index (χ0v) is 15.1. The lowest BCUT2D eigenvalue weighted by Gasteiger charge is -2.27. The van der Waals surface area contributed by atoms with E-state index in [0.29, 0.717) is 48.9 Å². The van der Waals surface area contributed by atoms with Crippen LogP contribution in [0.15, 0.2) is 42.6 Å². The summed E-state index contributed by atoms with van der Waals surface area (Å²) in [6, 6.07) is 9.80. The molecule has 0 bridgehead atoms. The van der Waals surface area contributed by atoms with Gasteiger partial charge in [0.05, 0.1) is 17.5 Å². The van der Waals surface area contributed by atoms with Crippen molar-refractivity contribution in [1.29, 1.82) is 0 Å². The minimum Gasteiger partial charge on any atom is -0.506 e. The molecule has 1 saturated carbocycles. The highest BCUT2D eigenvalue weighted by Crippen LogP contribution is 2.45. The van der Waals surface area contributed by atoms with Gasteiger partial charge in [0.25, 0.3) is 0 Å². The van der Waals surface area contributed by atoms with Crippen molar-refractivity contribution >= 4 is 0 Å². The van der Waals surface area contributed by atoms with Gasteiger partial charge in [0.15, 0.2) is 0 Å². The quantitative estimate of drug-likeness (QED) is 0.751. The molecule has 1 aliphatic carbocycles. The third-order valence-electron chi connectivity index (χ3n) is 5.96. The number of aliphatic hydroxyl groups excluding tert-OH is 1. The van der Waals surface area contributed by atoms with Crippen molar-refractivity contribution < 1.29 is 19.7 Å². The number of β-amino-alcohol motifs (C(OH)–C–C–N with tert-alkyl or cyclic N) is 1. The van der Waals surface area contributed by atoms with E-state index < -0.39 is 11.7 Å². The molecule has 2 aromatic rings. The molecule has 27 heavy (non-hydrogen) atoms. The van der Waals surface area contributed by atoms with Gasteiger partial charge in [-0.15, -0.1) is 0 Å². The Hall–Kier alpha value is -2.02. The molecule has 2 unspecified atom stereocenters. The number of rotatable bonds is 5. The van der Waals surface area contributed by atoms with Crippen LogP contribution in [0.5, 0.6) is 5.75 Å². The predicted octanol–water partition coefficient (Wildman–Crippen LogP) is 2.28. The minimum atomic E-state index is -0.846. The maximum Gasteiger partial charge on any atom is 0.133 e. The number of aromatic nitrogens is 1. The molecule has 144 valence electrons. The molecular weight excluding hydrogens is 347 g/mol. The third-order valence-corrected chi connectivity index (χ3v) is 5.96. The van der Waals surface area contributed by atoms with Crippen LogP contribution in [0.3, 0.4) is 0 Å². The molecule has 1 aromatic carbocycles. The predicted molar refractivity (Wildman–Crippen MR) is 98.6 cm³/mol. The Morgan fingerprint density at radius 2 is 1.85 bits per heavy atom. The fourth-order valence-corrected chi connectivity index (χ4v) is 4.78. The van der Waals surface area contributed by atoms with Gasteiger partial charge in [0.1, 0.15) is 17.7 Å². The number of aromatic hydroxyl groups is 1. The molecule has 1 aromatic heterocycles. The number of pyridine rings is 1. The number of likely N-dealkylation sites (tertiary alicyclic amines) is 1. The average molecular weight is 372 g/mol. The highest BCUT2D eigenvalue weighted by Gasteiger charge is 2.48. The second kappa shape index (κ2) is 7.19. The van der Waals surface area contributed by atoms with Crippen molar-refractivity contribution in [1.82, 2.24) is 9.88 Å². The van der Waals surface area contributed by atoms with E-state index in [1.54, 1.807) is 24.3 Å².